The zero-order valence-corrected chi connectivity index (χ0v) is 15.7. The molecule has 2 N–H and O–H groups in total. The number of hydrogen-bond donors (Lipinski definition) is 2. The van der Waals surface area contributed by atoms with Crippen LogP contribution in [-0.4, -0.2) is 41.8 Å². The van der Waals surface area contributed by atoms with Crippen molar-refractivity contribution in [1.29, 1.82) is 0 Å². The summed E-state index contributed by atoms with van der Waals surface area (Å²) in [5.41, 5.74) is 0.948. The fraction of sp³-hybridized carbons (Fsp3) is 0.611. The summed E-state index contributed by atoms with van der Waals surface area (Å²) >= 11 is 12.9. The maximum Gasteiger partial charge on any atom is 0.404 e. The van der Waals surface area contributed by atoms with Crippen LogP contribution in [0.2, 0.25) is 10.0 Å². The highest BCUT2D eigenvalue weighted by Crippen LogP contribution is 2.39. The van der Waals surface area contributed by atoms with Crippen LogP contribution in [0.3, 0.4) is 0 Å². The van der Waals surface area contributed by atoms with E-state index in [1.165, 1.54) is 12.8 Å². The normalized spacial score (nSPS) is 23.3. The molecule has 25 heavy (non-hydrogen) atoms. The molecular weight excluding hydrogens is 363 g/mol. The number of likely N-dealkylation sites (tertiary alicyclic amines) is 1. The third kappa shape index (κ3) is 4.93. The first-order chi connectivity index (χ1) is 12.0. The Morgan fingerprint density at radius 2 is 2.00 bits per heavy atom. The lowest BCUT2D eigenvalue weighted by Gasteiger charge is -2.35. The molecule has 3 rings (SSSR count). The van der Waals surface area contributed by atoms with Gasteiger partial charge in [0.2, 0.25) is 0 Å². The predicted octanol–water partition coefficient (Wildman–Crippen LogP) is 4.40. The van der Waals surface area contributed by atoms with Gasteiger partial charge >= 0.3 is 6.09 Å². The first kappa shape index (κ1) is 18.6. The van der Waals surface area contributed by atoms with Crippen LogP contribution < -0.4 is 10.1 Å². The Kier molecular flexibility index (Phi) is 6.31. The third-order valence-corrected chi connectivity index (χ3v) is 5.81. The van der Waals surface area contributed by atoms with E-state index in [-0.39, 0.29) is 6.10 Å². The summed E-state index contributed by atoms with van der Waals surface area (Å²) in [6.45, 7) is 3.44. The summed E-state index contributed by atoms with van der Waals surface area (Å²) in [4.78, 5) is 12.8. The van der Waals surface area contributed by atoms with Crippen molar-refractivity contribution in [2.45, 2.75) is 44.8 Å². The molecule has 1 saturated heterocycles. The first-order valence-corrected chi connectivity index (χ1v) is 9.61. The Morgan fingerprint density at radius 3 is 2.68 bits per heavy atom. The van der Waals surface area contributed by atoms with Gasteiger partial charge in [0.05, 0.1) is 11.1 Å². The molecule has 7 heteroatoms. The topological polar surface area (TPSA) is 61.8 Å². The molecule has 0 aromatic heterocycles. The molecule has 1 heterocycles. The SMILES string of the molecule is O=C(O)NCCC1CC(Oc2ccc(Cl)c(CN3CCCC3)c2Cl)C1. The molecule has 138 valence electrons. The summed E-state index contributed by atoms with van der Waals surface area (Å²) in [7, 11) is 0. The Balaban J connectivity index is 1.52. The second-order valence-electron chi connectivity index (χ2n) is 6.92. The summed E-state index contributed by atoms with van der Waals surface area (Å²) in [6.07, 6.45) is 4.35. The van der Waals surface area contributed by atoms with Crippen LogP contribution in [0.15, 0.2) is 12.1 Å². The molecular formula is C18H24Cl2N2O3. The largest absolute Gasteiger partial charge is 0.489 e. The van der Waals surface area contributed by atoms with Gasteiger partial charge in [0.25, 0.3) is 0 Å². The molecule has 1 aromatic carbocycles. The molecule has 0 radical (unpaired) electrons. The van der Waals surface area contributed by atoms with Crippen LogP contribution in [0.5, 0.6) is 5.75 Å². The molecule has 1 aliphatic heterocycles. The van der Waals surface area contributed by atoms with Gasteiger partial charge in [-0.1, -0.05) is 23.2 Å². The van der Waals surface area contributed by atoms with Crippen molar-refractivity contribution in [3.05, 3.63) is 27.7 Å². The maximum absolute atomic E-state index is 10.4. The van der Waals surface area contributed by atoms with E-state index >= 15 is 0 Å². The predicted molar refractivity (Wildman–Crippen MR) is 98.8 cm³/mol. The number of nitrogens with one attached hydrogen (secondary N) is 1. The minimum Gasteiger partial charge on any atom is -0.489 e. The highest BCUT2D eigenvalue weighted by Gasteiger charge is 2.31. The van der Waals surface area contributed by atoms with Gasteiger partial charge in [0, 0.05) is 23.7 Å². The Bertz CT molecular complexity index is 615. The number of nitrogens with zero attached hydrogens (tertiary/aromatic N) is 1. The molecule has 2 fully saturated rings. The molecule has 0 bridgehead atoms. The summed E-state index contributed by atoms with van der Waals surface area (Å²) in [5, 5.41) is 12.3. The highest BCUT2D eigenvalue weighted by molar-refractivity contribution is 6.36. The van der Waals surface area contributed by atoms with Gasteiger partial charge in [-0.25, -0.2) is 4.79 Å². The van der Waals surface area contributed by atoms with Crippen molar-refractivity contribution < 1.29 is 14.6 Å². The lowest BCUT2D eigenvalue weighted by Crippen LogP contribution is -2.36. The van der Waals surface area contributed by atoms with Gasteiger partial charge in [-0.05, 0) is 63.2 Å². The molecule has 1 aromatic rings. The molecule has 0 unspecified atom stereocenters. The average molecular weight is 387 g/mol. The van der Waals surface area contributed by atoms with Crippen LogP contribution in [0.4, 0.5) is 4.79 Å². The van der Waals surface area contributed by atoms with Crippen molar-refractivity contribution in [3.63, 3.8) is 0 Å². The van der Waals surface area contributed by atoms with E-state index < -0.39 is 6.09 Å². The second-order valence-corrected chi connectivity index (χ2v) is 7.70. The number of halogens is 2. The smallest absolute Gasteiger partial charge is 0.404 e. The minimum atomic E-state index is -0.967. The van der Waals surface area contributed by atoms with Gasteiger partial charge in [-0.15, -0.1) is 0 Å². The van der Waals surface area contributed by atoms with Gasteiger partial charge in [-0.2, -0.15) is 0 Å². The van der Waals surface area contributed by atoms with E-state index in [4.69, 9.17) is 33.0 Å². The summed E-state index contributed by atoms with van der Waals surface area (Å²) < 4.78 is 6.05. The van der Waals surface area contributed by atoms with Gasteiger partial charge < -0.3 is 15.2 Å². The molecule has 1 saturated carbocycles. The standard InChI is InChI=1S/C18H24Cl2N2O3/c19-15-3-4-16(17(20)14(15)11-22-7-1-2-8-22)25-13-9-12(10-13)5-6-21-18(23)24/h3-4,12-13,21H,1-2,5-11H2,(H,23,24). The summed E-state index contributed by atoms with van der Waals surface area (Å²) in [5.74, 6) is 1.21. The fourth-order valence-electron chi connectivity index (χ4n) is 3.55. The number of amides is 1. The van der Waals surface area contributed by atoms with Gasteiger partial charge in [-0.3, -0.25) is 4.90 Å². The number of benzene rings is 1. The summed E-state index contributed by atoms with van der Waals surface area (Å²) in [6, 6.07) is 3.71. The zero-order chi connectivity index (χ0) is 17.8. The van der Waals surface area contributed by atoms with E-state index in [1.54, 1.807) is 0 Å². The van der Waals surface area contributed by atoms with E-state index in [1.807, 2.05) is 12.1 Å². The van der Waals surface area contributed by atoms with Crippen LogP contribution in [-0.2, 0) is 6.54 Å². The van der Waals surface area contributed by atoms with Crippen molar-refractivity contribution in [2.24, 2.45) is 5.92 Å². The van der Waals surface area contributed by atoms with Crippen LogP contribution in [0.25, 0.3) is 0 Å². The van der Waals surface area contributed by atoms with Crippen molar-refractivity contribution in [1.82, 2.24) is 10.2 Å². The lowest BCUT2D eigenvalue weighted by molar-refractivity contribution is 0.0608. The molecule has 2 aliphatic rings. The molecule has 0 spiro atoms. The van der Waals surface area contributed by atoms with Gasteiger partial charge in [0.15, 0.2) is 0 Å². The van der Waals surface area contributed by atoms with Gasteiger partial charge in [0.1, 0.15) is 5.75 Å². The van der Waals surface area contributed by atoms with E-state index in [0.29, 0.717) is 28.3 Å². The fourth-order valence-corrected chi connectivity index (χ4v) is 4.08. The maximum atomic E-state index is 10.4. The van der Waals surface area contributed by atoms with Crippen molar-refractivity contribution in [2.75, 3.05) is 19.6 Å². The number of ether oxygens (including phenoxy) is 1. The Labute approximate surface area is 158 Å². The second kappa shape index (κ2) is 8.47. The Hall–Kier alpha value is -1.17. The average Bonchev–Trinajstić information content (AvgIpc) is 3.03. The lowest BCUT2D eigenvalue weighted by atomic mass is 9.80. The molecule has 1 amide bonds. The van der Waals surface area contributed by atoms with E-state index in [9.17, 15) is 4.79 Å². The van der Waals surface area contributed by atoms with Crippen molar-refractivity contribution >= 4 is 29.3 Å². The zero-order valence-electron chi connectivity index (χ0n) is 14.1. The highest BCUT2D eigenvalue weighted by atomic mass is 35.5. The van der Waals surface area contributed by atoms with E-state index in [0.717, 1.165) is 44.5 Å². The molecule has 5 nitrogen and oxygen atoms in total. The number of carboxylic acid groups (broad SMARTS) is 1. The van der Waals surface area contributed by atoms with Crippen LogP contribution in [0.1, 0.15) is 37.7 Å². The molecule has 1 aliphatic carbocycles. The number of carbonyl (C=O) groups is 1. The van der Waals surface area contributed by atoms with E-state index in [2.05, 4.69) is 10.2 Å². The Morgan fingerprint density at radius 1 is 1.28 bits per heavy atom. The molecule has 0 atom stereocenters. The number of hydrogen-bond acceptors (Lipinski definition) is 3. The first-order valence-electron chi connectivity index (χ1n) is 8.85. The quantitative estimate of drug-likeness (QED) is 0.728. The van der Waals surface area contributed by atoms with Crippen LogP contribution >= 0.6 is 23.2 Å². The monoisotopic (exact) mass is 386 g/mol. The van der Waals surface area contributed by atoms with Crippen molar-refractivity contribution in [3.8, 4) is 5.75 Å². The van der Waals surface area contributed by atoms with Crippen LogP contribution in [0, 0.1) is 5.92 Å². The number of rotatable bonds is 7. The minimum absolute atomic E-state index is 0.146. The third-order valence-electron chi connectivity index (χ3n) is 5.05.